The van der Waals surface area contributed by atoms with Crippen molar-refractivity contribution in [1.29, 1.82) is 0 Å². The first kappa shape index (κ1) is 16.3. The van der Waals surface area contributed by atoms with Gasteiger partial charge in [-0.1, -0.05) is 18.2 Å². The van der Waals surface area contributed by atoms with Crippen molar-refractivity contribution in [2.75, 3.05) is 0 Å². The van der Waals surface area contributed by atoms with E-state index in [2.05, 4.69) is 0 Å². The number of rotatable bonds is 3. The summed E-state index contributed by atoms with van der Waals surface area (Å²) in [5.41, 5.74) is 5.72. The number of non-ortho nitro benzene ring substituents is 1. The Balaban J connectivity index is 0.000000219. The number of carbonyl (C=O) groups is 2. The molecule has 0 fully saturated rings. The predicted octanol–water partition coefficient (Wildman–Crippen LogP) is 2.76. The minimum atomic E-state index is -0.620. The van der Waals surface area contributed by atoms with Crippen LogP contribution in [0.1, 0.15) is 20.7 Å². The number of nitro groups is 1. The second kappa shape index (κ2) is 7.76. The van der Waals surface area contributed by atoms with Gasteiger partial charge in [-0.3, -0.25) is 19.7 Å². The number of benzene rings is 2. The highest BCUT2D eigenvalue weighted by molar-refractivity contribution is 6.67. The zero-order valence-electron chi connectivity index (χ0n) is 10.7. The average molecular weight is 307 g/mol. The Bertz CT molecular complexity index is 609. The maximum atomic E-state index is 10.5. The van der Waals surface area contributed by atoms with Crippen molar-refractivity contribution < 1.29 is 14.5 Å². The third-order valence-electron chi connectivity index (χ3n) is 2.36. The fraction of sp³-hybridized carbons (Fsp3) is 0. The molecule has 0 saturated carbocycles. The monoisotopic (exact) mass is 306 g/mol. The molecule has 2 aromatic carbocycles. The summed E-state index contributed by atoms with van der Waals surface area (Å²) in [6, 6.07) is 13.9. The molecule has 2 aromatic rings. The maximum Gasteiger partial charge on any atom is 0.269 e. The molecule has 0 saturated heterocycles. The summed E-state index contributed by atoms with van der Waals surface area (Å²) in [5, 5.41) is 9.55. The summed E-state index contributed by atoms with van der Waals surface area (Å²) in [7, 11) is 0. The molecule has 0 unspecified atom stereocenters. The summed E-state index contributed by atoms with van der Waals surface area (Å²) < 4.78 is 0. The Kier molecular flexibility index (Phi) is 6.03. The number of amides is 1. The third-order valence-corrected chi connectivity index (χ3v) is 2.58. The number of hydrogen-bond acceptors (Lipinski definition) is 4. The molecule has 108 valence electrons. The topological polar surface area (TPSA) is 103 Å². The van der Waals surface area contributed by atoms with Crippen molar-refractivity contribution in [1.82, 2.24) is 0 Å². The molecule has 1 amide bonds. The molecule has 2 N–H and O–H groups in total. The molecular formula is C14H11ClN2O4. The largest absolute Gasteiger partial charge is 0.366 e. The van der Waals surface area contributed by atoms with Gasteiger partial charge in [-0.15, -0.1) is 0 Å². The van der Waals surface area contributed by atoms with Gasteiger partial charge in [0.25, 0.3) is 10.9 Å². The molecule has 2 rings (SSSR count). The SMILES string of the molecule is NC(=O)c1ccccc1.O=C(Cl)c1ccc([N+](=O)[O-])cc1. The van der Waals surface area contributed by atoms with Crippen LogP contribution in [-0.2, 0) is 0 Å². The van der Waals surface area contributed by atoms with Crippen LogP contribution in [0.5, 0.6) is 0 Å². The van der Waals surface area contributed by atoms with E-state index in [9.17, 15) is 19.7 Å². The smallest absolute Gasteiger partial charge is 0.269 e. The van der Waals surface area contributed by atoms with Crippen LogP contribution in [0.15, 0.2) is 54.6 Å². The summed E-state index contributed by atoms with van der Waals surface area (Å²) in [6.45, 7) is 0. The lowest BCUT2D eigenvalue weighted by Crippen LogP contribution is -2.09. The summed E-state index contributed by atoms with van der Waals surface area (Å²) in [5.74, 6) is -0.379. The van der Waals surface area contributed by atoms with Gasteiger partial charge in [0.15, 0.2) is 0 Å². The van der Waals surface area contributed by atoms with E-state index in [-0.39, 0.29) is 17.2 Å². The Morgan fingerprint density at radius 1 is 0.952 bits per heavy atom. The van der Waals surface area contributed by atoms with Gasteiger partial charge in [0.05, 0.1) is 4.92 Å². The van der Waals surface area contributed by atoms with Crippen molar-refractivity contribution in [3.05, 3.63) is 75.8 Å². The van der Waals surface area contributed by atoms with E-state index in [1.165, 1.54) is 24.3 Å². The highest BCUT2D eigenvalue weighted by Crippen LogP contribution is 2.12. The van der Waals surface area contributed by atoms with Crippen LogP contribution in [0.25, 0.3) is 0 Å². The first-order valence-electron chi connectivity index (χ1n) is 5.71. The summed E-state index contributed by atoms with van der Waals surface area (Å²) in [4.78, 5) is 30.6. The third kappa shape index (κ3) is 5.42. The number of nitrogens with zero attached hydrogens (tertiary/aromatic N) is 1. The second-order valence-electron chi connectivity index (χ2n) is 3.81. The molecule has 0 spiro atoms. The standard InChI is InChI=1S/C7H4ClNO3.C7H7NO/c8-7(10)5-1-3-6(4-2-5)9(11)12;8-7(9)6-4-2-1-3-5-6/h1-4H;1-5H,(H2,8,9). The van der Waals surface area contributed by atoms with Crippen molar-refractivity contribution >= 4 is 28.4 Å². The van der Waals surface area contributed by atoms with Gasteiger partial charge in [-0.25, -0.2) is 0 Å². The van der Waals surface area contributed by atoms with Gasteiger partial charge < -0.3 is 5.73 Å². The quantitative estimate of drug-likeness (QED) is 0.535. The van der Waals surface area contributed by atoms with E-state index < -0.39 is 10.2 Å². The second-order valence-corrected chi connectivity index (χ2v) is 4.15. The van der Waals surface area contributed by atoms with Crippen LogP contribution < -0.4 is 5.73 Å². The molecule has 0 aromatic heterocycles. The molecule has 21 heavy (non-hydrogen) atoms. The van der Waals surface area contributed by atoms with Crippen LogP contribution in [0, 0.1) is 10.1 Å². The van der Waals surface area contributed by atoms with Gasteiger partial charge >= 0.3 is 0 Å². The number of nitro benzene ring substituents is 1. The fourth-order valence-corrected chi connectivity index (χ4v) is 1.44. The lowest BCUT2D eigenvalue weighted by Gasteiger charge is -1.92. The van der Waals surface area contributed by atoms with E-state index in [0.29, 0.717) is 5.56 Å². The fourth-order valence-electron chi connectivity index (χ4n) is 1.32. The highest BCUT2D eigenvalue weighted by Gasteiger charge is 2.06. The molecule has 0 aliphatic heterocycles. The zero-order chi connectivity index (χ0) is 15.8. The number of carbonyl (C=O) groups excluding carboxylic acids is 2. The van der Waals surface area contributed by atoms with E-state index in [0.717, 1.165) is 0 Å². The van der Waals surface area contributed by atoms with Crippen LogP contribution in [0.4, 0.5) is 5.69 Å². The molecule has 0 aliphatic carbocycles. The van der Waals surface area contributed by atoms with Gasteiger partial charge in [0.1, 0.15) is 0 Å². The molecule has 6 nitrogen and oxygen atoms in total. The zero-order valence-corrected chi connectivity index (χ0v) is 11.5. The summed E-state index contributed by atoms with van der Waals surface area (Å²) >= 11 is 5.13. The first-order valence-corrected chi connectivity index (χ1v) is 6.08. The normalized spacial score (nSPS) is 9.19. The van der Waals surface area contributed by atoms with E-state index in [4.69, 9.17) is 17.3 Å². The maximum absolute atomic E-state index is 10.5. The van der Waals surface area contributed by atoms with Crippen molar-refractivity contribution in [3.63, 3.8) is 0 Å². The minimum Gasteiger partial charge on any atom is -0.366 e. The van der Waals surface area contributed by atoms with Crippen molar-refractivity contribution in [2.45, 2.75) is 0 Å². The number of hydrogen-bond donors (Lipinski definition) is 1. The number of halogens is 1. The molecular weight excluding hydrogens is 296 g/mol. The van der Waals surface area contributed by atoms with Crippen LogP contribution >= 0.6 is 11.6 Å². The van der Waals surface area contributed by atoms with Crippen molar-refractivity contribution in [3.8, 4) is 0 Å². The molecule has 0 heterocycles. The molecule has 0 aliphatic rings. The highest BCUT2D eigenvalue weighted by atomic mass is 35.5. The Morgan fingerprint density at radius 2 is 1.48 bits per heavy atom. The van der Waals surface area contributed by atoms with Gasteiger partial charge in [0, 0.05) is 23.3 Å². The van der Waals surface area contributed by atoms with Gasteiger partial charge in [0.2, 0.25) is 5.91 Å². The molecule has 0 atom stereocenters. The molecule has 0 radical (unpaired) electrons. The number of primary amides is 1. The Morgan fingerprint density at radius 3 is 1.81 bits per heavy atom. The first-order chi connectivity index (χ1) is 9.91. The molecule has 7 heteroatoms. The van der Waals surface area contributed by atoms with E-state index in [1.54, 1.807) is 24.3 Å². The van der Waals surface area contributed by atoms with Gasteiger partial charge in [-0.05, 0) is 35.9 Å². The molecule has 0 bridgehead atoms. The Labute approximate surface area is 125 Å². The minimum absolute atomic E-state index is 0.0586. The van der Waals surface area contributed by atoms with Gasteiger partial charge in [-0.2, -0.15) is 0 Å². The van der Waals surface area contributed by atoms with E-state index in [1.807, 2.05) is 6.07 Å². The van der Waals surface area contributed by atoms with Crippen LogP contribution in [0.2, 0.25) is 0 Å². The lowest BCUT2D eigenvalue weighted by atomic mass is 10.2. The van der Waals surface area contributed by atoms with Crippen LogP contribution in [0.3, 0.4) is 0 Å². The van der Waals surface area contributed by atoms with Crippen LogP contribution in [-0.4, -0.2) is 16.1 Å². The lowest BCUT2D eigenvalue weighted by molar-refractivity contribution is -0.384. The summed E-state index contributed by atoms with van der Waals surface area (Å²) in [6.07, 6.45) is 0. The number of nitrogens with two attached hydrogens (primary N) is 1. The Hall–Kier alpha value is -2.73. The van der Waals surface area contributed by atoms with E-state index >= 15 is 0 Å². The predicted molar refractivity (Wildman–Crippen MR) is 78.2 cm³/mol. The average Bonchev–Trinajstić information content (AvgIpc) is 2.49. The van der Waals surface area contributed by atoms with Crippen molar-refractivity contribution in [2.24, 2.45) is 5.73 Å².